The van der Waals surface area contributed by atoms with Gasteiger partial charge < -0.3 is 5.48 Å². The molecule has 5 N–H and O–H groups in total. The van der Waals surface area contributed by atoms with E-state index in [-0.39, 0.29) is 5.48 Å². The third-order valence-electron chi connectivity index (χ3n) is 0. The van der Waals surface area contributed by atoms with E-state index in [2.05, 4.69) is 0 Å². The molecule has 0 bridgehead atoms. The summed E-state index contributed by atoms with van der Waals surface area (Å²) >= 11 is -2.60. The van der Waals surface area contributed by atoms with Crippen LogP contribution in [0.5, 0.6) is 0 Å². The Morgan fingerprint density at radius 1 is 1.00 bits per heavy atom. The molecule has 0 heterocycles. The van der Waals surface area contributed by atoms with E-state index in [1.165, 1.54) is 0 Å². The number of rotatable bonds is 0. The molecule has 0 saturated carbocycles. The van der Waals surface area contributed by atoms with Gasteiger partial charge in [0.05, 0.1) is 0 Å². The molecule has 0 rings (SSSR count). The van der Waals surface area contributed by atoms with Crippen LogP contribution in [-0.4, -0.2) is 18.1 Å². The van der Waals surface area contributed by atoms with Crippen LogP contribution in [0.1, 0.15) is 0 Å². The van der Waals surface area contributed by atoms with Crippen molar-refractivity contribution in [1.82, 2.24) is 0 Å². The monoisotopic (exact) mass is 128 g/mol. The minimum absolute atomic E-state index is 0. The van der Waals surface area contributed by atoms with Gasteiger partial charge >= 0.3 is 27.3 Å². The summed E-state index contributed by atoms with van der Waals surface area (Å²) in [6, 6.07) is 0. The second-order valence-electron chi connectivity index (χ2n) is 0.200. The van der Waals surface area contributed by atoms with Crippen LogP contribution in [0.4, 0.5) is 0 Å². The Labute approximate surface area is 33.7 Å². The van der Waals surface area contributed by atoms with Crippen molar-refractivity contribution in [3.8, 4) is 0 Å². The minimum atomic E-state index is -2.60. The van der Waals surface area contributed by atoms with E-state index in [0.717, 1.165) is 0 Å². The van der Waals surface area contributed by atoms with Gasteiger partial charge in [0.25, 0.3) is 0 Å². The summed E-state index contributed by atoms with van der Waals surface area (Å²) in [6.45, 7) is 0. The van der Waals surface area contributed by atoms with Gasteiger partial charge in [-0.1, -0.05) is 0 Å². The molecule has 38 valence electrons. The molecule has 0 amide bonds. The van der Waals surface area contributed by atoms with Crippen molar-refractivity contribution in [2.45, 2.75) is 0 Å². The van der Waals surface area contributed by atoms with Crippen molar-refractivity contribution in [3.05, 3.63) is 0 Å². The predicted octanol–water partition coefficient (Wildman–Crippen LogP) is -2.50. The van der Waals surface area contributed by atoms with Gasteiger partial charge in [0.1, 0.15) is 0 Å². The quantitative estimate of drug-likeness (QED) is 0.336. The summed E-state index contributed by atoms with van der Waals surface area (Å²) in [7, 11) is 0. The summed E-state index contributed by atoms with van der Waals surface area (Å²) in [5, 5.41) is 0. The summed E-state index contributed by atoms with van der Waals surface area (Å²) < 4.78 is 21.7. The number of hydrogen-bond donors (Lipinski definition) is 3. The fourth-order valence-corrected chi connectivity index (χ4v) is 0. The first-order chi connectivity index (χ1) is 1.73. The molecule has 5 heavy (non-hydrogen) atoms. The normalized spacial score (nSPS) is 9.00. The first kappa shape index (κ1) is 9.02. The Hall–Kier alpha value is 0.346. The molecule has 0 spiro atoms. The summed E-state index contributed by atoms with van der Waals surface area (Å²) in [4.78, 5) is 0. The Bertz CT molecular complexity index is 8.36. The molecule has 0 atom stereocenters. The molecule has 0 saturated heterocycles. The van der Waals surface area contributed by atoms with E-state index in [1.54, 1.807) is 0 Å². The molecule has 0 aliphatic carbocycles. The van der Waals surface area contributed by atoms with Crippen molar-refractivity contribution in [1.29, 1.82) is 0 Å². The maximum atomic E-state index is 7.23. The zero-order valence-corrected chi connectivity index (χ0v) is 3.22. The van der Waals surface area contributed by atoms with Crippen molar-refractivity contribution < 1.29 is 32.8 Å². The van der Waals surface area contributed by atoms with Crippen LogP contribution in [0.2, 0.25) is 0 Å². The van der Waals surface area contributed by atoms with Gasteiger partial charge in [-0.3, -0.25) is 0 Å². The molecule has 4 nitrogen and oxygen atoms in total. The Balaban J connectivity index is 0. The first-order valence-electron chi connectivity index (χ1n) is 0.447. The SMILES string of the molecule is O.[OH][Co]([OH])[OH]. The molecular weight excluding hydrogens is 123 g/mol. The molecule has 0 radical (unpaired) electrons. The fraction of sp³-hybridized carbons (Fsp3) is 0. The van der Waals surface area contributed by atoms with Gasteiger partial charge in [0.2, 0.25) is 0 Å². The van der Waals surface area contributed by atoms with Crippen LogP contribution in [-0.2, 0) is 14.6 Å². The van der Waals surface area contributed by atoms with Crippen molar-refractivity contribution >= 4 is 0 Å². The van der Waals surface area contributed by atoms with Gasteiger partial charge in [-0.05, 0) is 0 Å². The van der Waals surface area contributed by atoms with Gasteiger partial charge in [0.15, 0.2) is 0 Å². The van der Waals surface area contributed by atoms with E-state index in [0.29, 0.717) is 0 Å². The second-order valence-corrected chi connectivity index (χ2v) is 0.825. The van der Waals surface area contributed by atoms with Crippen molar-refractivity contribution in [2.75, 3.05) is 0 Å². The zero-order valence-electron chi connectivity index (χ0n) is 2.17. The van der Waals surface area contributed by atoms with Gasteiger partial charge in [-0.2, -0.15) is 0 Å². The van der Waals surface area contributed by atoms with Crippen molar-refractivity contribution in [3.63, 3.8) is 0 Å². The topological polar surface area (TPSA) is 92.2 Å². The molecule has 0 aromatic heterocycles. The van der Waals surface area contributed by atoms with Crippen LogP contribution in [0.15, 0.2) is 0 Å². The van der Waals surface area contributed by atoms with Crippen LogP contribution in [0.3, 0.4) is 0 Å². The first-order valence-corrected chi connectivity index (χ1v) is 1.84. The second kappa shape index (κ2) is 4.35. The van der Waals surface area contributed by atoms with Crippen LogP contribution >= 0.6 is 0 Å². The molecule has 0 aromatic carbocycles. The Morgan fingerprint density at radius 3 is 1.00 bits per heavy atom. The summed E-state index contributed by atoms with van der Waals surface area (Å²) in [6.07, 6.45) is 0. The maximum absolute atomic E-state index is 7.23. The standard InChI is InChI=1S/Co.4H2O/h;4*1H2/q+3;;;;/p-3. The van der Waals surface area contributed by atoms with Crippen molar-refractivity contribution in [2.24, 2.45) is 0 Å². The van der Waals surface area contributed by atoms with Crippen LogP contribution < -0.4 is 0 Å². The third-order valence-corrected chi connectivity index (χ3v) is 0. The number of hydrogen-bond acceptors (Lipinski definition) is 3. The third kappa shape index (κ3) is 199. The predicted molar refractivity (Wildman–Crippen MR) is 10.3 cm³/mol. The summed E-state index contributed by atoms with van der Waals surface area (Å²) in [5.41, 5.74) is 0. The van der Waals surface area contributed by atoms with E-state index >= 15 is 0 Å². The molecule has 0 aromatic rings. The van der Waals surface area contributed by atoms with Crippen LogP contribution in [0.25, 0.3) is 0 Å². The molecule has 0 fully saturated rings. The Kier molecular flexibility index (Phi) is 7.84. The van der Waals surface area contributed by atoms with Gasteiger partial charge in [-0.15, -0.1) is 0 Å². The van der Waals surface area contributed by atoms with E-state index in [4.69, 9.17) is 12.7 Å². The van der Waals surface area contributed by atoms with Gasteiger partial charge in [-0.25, -0.2) is 0 Å². The molecule has 0 aliphatic heterocycles. The molecular formula is H5CoO4. The van der Waals surface area contributed by atoms with E-state index in [9.17, 15) is 0 Å². The fourth-order valence-electron chi connectivity index (χ4n) is 0. The zero-order chi connectivity index (χ0) is 3.58. The average Bonchev–Trinajstić information content (AvgIpc) is 0.811. The molecule has 5 heteroatoms. The Morgan fingerprint density at radius 2 is 1.00 bits per heavy atom. The van der Waals surface area contributed by atoms with E-state index in [1.807, 2.05) is 0 Å². The average molecular weight is 128 g/mol. The van der Waals surface area contributed by atoms with Crippen LogP contribution in [0, 0.1) is 0 Å². The van der Waals surface area contributed by atoms with E-state index < -0.39 is 14.6 Å². The molecule has 0 unspecified atom stereocenters. The van der Waals surface area contributed by atoms with Gasteiger partial charge in [0, 0.05) is 0 Å². The molecule has 0 aliphatic rings. The summed E-state index contributed by atoms with van der Waals surface area (Å²) in [5.74, 6) is 0.